The van der Waals surface area contributed by atoms with Crippen molar-refractivity contribution in [1.29, 1.82) is 0 Å². The van der Waals surface area contributed by atoms with Gasteiger partial charge in [-0.25, -0.2) is 5.10 Å². The third-order valence-corrected chi connectivity index (χ3v) is 5.04. The van der Waals surface area contributed by atoms with E-state index in [-0.39, 0.29) is 17.5 Å². The number of rotatable bonds is 2. The average molecular weight is 325 g/mol. The van der Waals surface area contributed by atoms with E-state index < -0.39 is 0 Å². The minimum absolute atomic E-state index is 0.0984. The molecule has 23 heavy (non-hydrogen) atoms. The van der Waals surface area contributed by atoms with Gasteiger partial charge < -0.3 is 4.90 Å². The van der Waals surface area contributed by atoms with Crippen LogP contribution in [0.4, 0.5) is 0 Å². The van der Waals surface area contributed by atoms with Crippen molar-refractivity contribution in [1.82, 2.24) is 15.1 Å². The smallest absolute Gasteiger partial charge is 0.275 e. The van der Waals surface area contributed by atoms with Crippen LogP contribution in [0.3, 0.4) is 0 Å². The van der Waals surface area contributed by atoms with Crippen LogP contribution in [-0.2, 0) is 0 Å². The van der Waals surface area contributed by atoms with Gasteiger partial charge in [0.15, 0.2) is 5.69 Å². The average Bonchev–Trinajstić information content (AvgIpc) is 3.26. The molecule has 1 aliphatic heterocycles. The highest BCUT2D eigenvalue weighted by molar-refractivity contribution is 7.08. The molecule has 5 nitrogen and oxygen atoms in total. The lowest BCUT2D eigenvalue weighted by Crippen LogP contribution is -2.32. The van der Waals surface area contributed by atoms with Crippen LogP contribution < -0.4 is 5.56 Å². The molecule has 0 spiro atoms. The molecule has 0 unspecified atom stereocenters. The molecule has 3 heterocycles. The van der Waals surface area contributed by atoms with Crippen molar-refractivity contribution in [3.63, 3.8) is 0 Å². The normalized spacial score (nSPS) is 17.7. The van der Waals surface area contributed by atoms with E-state index in [2.05, 4.69) is 21.6 Å². The monoisotopic (exact) mass is 325 g/mol. The second kappa shape index (κ2) is 5.62. The molecule has 1 aliphatic rings. The maximum atomic E-state index is 13.0. The van der Waals surface area contributed by atoms with Crippen molar-refractivity contribution >= 4 is 28.0 Å². The predicted octanol–water partition coefficient (Wildman–Crippen LogP) is 2.96. The number of carbonyl (C=O) groups excluding carboxylic acids is 1. The van der Waals surface area contributed by atoms with Crippen LogP contribution in [0.1, 0.15) is 34.9 Å². The summed E-state index contributed by atoms with van der Waals surface area (Å²) in [5.41, 5.74) is 1.23. The minimum atomic E-state index is -0.270. The van der Waals surface area contributed by atoms with Crippen LogP contribution in [0.15, 0.2) is 45.9 Å². The van der Waals surface area contributed by atoms with Gasteiger partial charge in [-0.15, -0.1) is 0 Å². The first-order chi connectivity index (χ1) is 11.3. The molecular formula is C17H15N3O2S. The molecule has 0 saturated carbocycles. The maximum absolute atomic E-state index is 13.0. The number of thiophene rings is 1. The van der Waals surface area contributed by atoms with Crippen LogP contribution in [0.25, 0.3) is 10.8 Å². The van der Waals surface area contributed by atoms with E-state index in [1.165, 1.54) is 5.56 Å². The number of aromatic amines is 1. The number of nitrogens with one attached hydrogen (secondary N) is 1. The summed E-state index contributed by atoms with van der Waals surface area (Å²) in [6.07, 6.45) is 1.94. The summed E-state index contributed by atoms with van der Waals surface area (Å²) < 4.78 is 0. The lowest BCUT2D eigenvalue weighted by molar-refractivity contribution is 0.0731. The third-order valence-electron chi connectivity index (χ3n) is 4.34. The van der Waals surface area contributed by atoms with Crippen LogP contribution in [-0.4, -0.2) is 27.5 Å². The Morgan fingerprint density at radius 1 is 1.26 bits per heavy atom. The Morgan fingerprint density at radius 3 is 2.87 bits per heavy atom. The van der Waals surface area contributed by atoms with Gasteiger partial charge in [0.05, 0.1) is 11.4 Å². The van der Waals surface area contributed by atoms with E-state index in [0.717, 1.165) is 12.8 Å². The Hall–Kier alpha value is -2.47. The Kier molecular flexibility index (Phi) is 3.46. The topological polar surface area (TPSA) is 66.1 Å². The van der Waals surface area contributed by atoms with E-state index >= 15 is 0 Å². The summed E-state index contributed by atoms with van der Waals surface area (Å²) in [7, 11) is 0. The summed E-state index contributed by atoms with van der Waals surface area (Å²) >= 11 is 1.64. The summed E-state index contributed by atoms with van der Waals surface area (Å²) in [5, 5.41) is 11.7. The SMILES string of the molecule is O=C(c1n[nH]c(=O)c2ccccc12)N1CCC[C@@H]1c1ccsc1. The number of nitrogens with zero attached hydrogens (tertiary/aromatic N) is 2. The number of likely N-dealkylation sites (tertiary alicyclic amines) is 1. The largest absolute Gasteiger partial charge is 0.330 e. The summed E-state index contributed by atoms with van der Waals surface area (Å²) in [6.45, 7) is 0.717. The second-order valence-electron chi connectivity index (χ2n) is 5.66. The van der Waals surface area contributed by atoms with E-state index in [4.69, 9.17) is 0 Å². The van der Waals surface area contributed by atoms with Crippen LogP contribution in [0, 0.1) is 0 Å². The molecule has 3 aromatic rings. The number of benzene rings is 1. The van der Waals surface area contributed by atoms with E-state index in [1.807, 2.05) is 16.3 Å². The molecule has 4 rings (SSSR count). The van der Waals surface area contributed by atoms with Gasteiger partial charge in [-0.05, 0) is 41.3 Å². The summed E-state index contributed by atoms with van der Waals surface area (Å²) in [5.74, 6) is -0.119. The second-order valence-corrected chi connectivity index (χ2v) is 6.44. The number of hydrogen-bond donors (Lipinski definition) is 1. The Balaban J connectivity index is 1.78. The van der Waals surface area contributed by atoms with E-state index in [0.29, 0.717) is 23.0 Å². The van der Waals surface area contributed by atoms with Gasteiger partial charge >= 0.3 is 0 Å². The first kappa shape index (κ1) is 14.1. The molecule has 1 aromatic carbocycles. The van der Waals surface area contributed by atoms with Gasteiger partial charge in [0.2, 0.25) is 0 Å². The first-order valence-corrected chi connectivity index (χ1v) is 8.50. The van der Waals surface area contributed by atoms with Crippen molar-refractivity contribution in [2.24, 2.45) is 0 Å². The highest BCUT2D eigenvalue weighted by Crippen LogP contribution is 2.34. The van der Waals surface area contributed by atoms with Crippen LogP contribution in [0.2, 0.25) is 0 Å². The zero-order valence-corrected chi connectivity index (χ0v) is 13.2. The molecule has 0 bridgehead atoms. The number of H-pyrrole nitrogens is 1. The highest BCUT2D eigenvalue weighted by Gasteiger charge is 2.32. The summed E-state index contributed by atoms with van der Waals surface area (Å²) in [6, 6.07) is 9.27. The lowest BCUT2D eigenvalue weighted by atomic mass is 10.1. The zero-order valence-electron chi connectivity index (χ0n) is 12.4. The van der Waals surface area contributed by atoms with Crippen LogP contribution >= 0.6 is 11.3 Å². The van der Waals surface area contributed by atoms with Gasteiger partial charge in [0.25, 0.3) is 11.5 Å². The zero-order chi connectivity index (χ0) is 15.8. The molecule has 1 amide bonds. The van der Waals surface area contributed by atoms with Gasteiger partial charge in [0, 0.05) is 11.9 Å². The molecule has 1 fully saturated rings. The molecule has 2 aromatic heterocycles. The van der Waals surface area contributed by atoms with Gasteiger partial charge in [-0.2, -0.15) is 16.4 Å². The Labute approximate surface area is 136 Å². The van der Waals surface area contributed by atoms with Crippen molar-refractivity contribution in [2.75, 3.05) is 6.54 Å². The van der Waals surface area contributed by atoms with Gasteiger partial charge in [-0.1, -0.05) is 18.2 Å². The van der Waals surface area contributed by atoms with E-state index in [1.54, 1.807) is 29.5 Å². The quantitative estimate of drug-likeness (QED) is 0.788. The molecule has 1 atom stereocenters. The van der Waals surface area contributed by atoms with E-state index in [9.17, 15) is 9.59 Å². The fourth-order valence-corrected chi connectivity index (χ4v) is 3.94. The number of hydrogen-bond acceptors (Lipinski definition) is 4. The first-order valence-electron chi connectivity index (χ1n) is 7.56. The standard InChI is InChI=1S/C17H15N3O2S/c21-16-13-5-2-1-4-12(13)15(18-19-16)17(22)20-8-3-6-14(20)11-7-9-23-10-11/h1-2,4-5,7,9-10,14H,3,6,8H2,(H,19,21)/t14-/m1/s1. The van der Waals surface area contributed by atoms with Crippen molar-refractivity contribution in [3.05, 3.63) is 62.7 Å². The Morgan fingerprint density at radius 2 is 2.09 bits per heavy atom. The van der Waals surface area contributed by atoms with Crippen LogP contribution in [0.5, 0.6) is 0 Å². The summed E-state index contributed by atoms with van der Waals surface area (Å²) in [4.78, 5) is 26.8. The fraction of sp³-hybridized carbons (Fsp3) is 0.235. The molecule has 116 valence electrons. The van der Waals surface area contributed by atoms with Gasteiger partial charge in [0.1, 0.15) is 0 Å². The third kappa shape index (κ3) is 2.35. The molecule has 1 N–H and O–H groups in total. The molecular weight excluding hydrogens is 310 g/mol. The minimum Gasteiger partial charge on any atom is -0.330 e. The van der Waals surface area contributed by atoms with Crippen molar-refractivity contribution in [3.8, 4) is 0 Å². The van der Waals surface area contributed by atoms with Gasteiger partial charge in [-0.3, -0.25) is 9.59 Å². The fourth-order valence-electron chi connectivity index (χ4n) is 3.23. The maximum Gasteiger partial charge on any atom is 0.275 e. The number of amides is 1. The number of aromatic nitrogens is 2. The highest BCUT2D eigenvalue weighted by atomic mass is 32.1. The van der Waals surface area contributed by atoms with Crippen molar-refractivity contribution < 1.29 is 4.79 Å². The lowest BCUT2D eigenvalue weighted by Gasteiger charge is -2.24. The predicted molar refractivity (Wildman–Crippen MR) is 89.7 cm³/mol. The molecule has 0 aliphatic carbocycles. The molecule has 0 radical (unpaired) electrons. The Bertz CT molecular complexity index is 917. The number of fused-ring (bicyclic) bond motifs is 1. The van der Waals surface area contributed by atoms with Crippen molar-refractivity contribution in [2.45, 2.75) is 18.9 Å². The molecule has 6 heteroatoms. The number of carbonyl (C=O) groups is 1. The molecule has 1 saturated heterocycles.